The third kappa shape index (κ3) is 4.35. The molecule has 3 saturated carbocycles. The van der Waals surface area contributed by atoms with Crippen molar-refractivity contribution in [1.29, 1.82) is 0 Å². The van der Waals surface area contributed by atoms with Gasteiger partial charge in [0.15, 0.2) is 29.2 Å². The molecule has 0 aromatic heterocycles. The van der Waals surface area contributed by atoms with E-state index in [0.29, 0.717) is 24.2 Å². The van der Waals surface area contributed by atoms with Gasteiger partial charge in [-0.05, 0) is 80.9 Å². The number of ketones is 3. The lowest BCUT2D eigenvalue weighted by Gasteiger charge is -2.59. The molecule has 0 unspecified atom stereocenters. The molecule has 7 rings (SSSR count). The highest BCUT2D eigenvalue weighted by Crippen LogP contribution is 2.70. The van der Waals surface area contributed by atoms with E-state index in [2.05, 4.69) is 6.92 Å². The number of halogens is 1. The molecule has 45 heavy (non-hydrogen) atoms. The lowest BCUT2D eigenvalue weighted by Crippen LogP contribution is -2.63. The lowest BCUT2D eigenvalue weighted by atomic mass is 9.46. The Kier molecular flexibility index (Phi) is 7.05. The van der Waals surface area contributed by atoms with Gasteiger partial charge in [-0.15, -0.1) is 0 Å². The second-order valence-electron chi connectivity index (χ2n) is 13.7. The van der Waals surface area contributed by atoms with Gasteiger partial charge >= 0.3 is 0 Å². The van der Waals surface area contributed by atoms with Crippen LogP contribution in [0.2, 0.25) is 0 Å². The summed E-state index contributed by atoms with van der Waals surface area (Å²) in [4.78, 5) is 37.6. The summed E-state index contributed by atoms with van der Waals surface area (Å²) in [5.41, 5.74) is -1.36. The third-order valence-corrected chi connectivity index (χ3v) is 11.5. The third-order valence-electron chi connectivity index (χ3n) is 11.5. The van der Waals surface area contributed by atoms with Crippen LogP contribution in [0.1, 0.15) is 68.7 Å². The standard InChI is InChI=1S/C36H37FO8/c1-19(39)20-5-4-6-23(13-20)43-24-8-10-26(28(37)15-24)33-44-31-16-27-25-9-7-21-14-22(40)11-12-34(21,2)32(25)29(41)17-35(27,3)36(31,45-33)30(42)18-38/h4-6,8,10-15,25,27,29,31-33,38,41H,7,9,16-18H2,1-3H3/t25-,27-,29-,31+,32+,33+,34-,35-,36+/m0/s1. The zero-order valence-corrected chi connectivity index (χ0v) is 25.5. The second-order valence-corrected chi connectivity index (χ2v) is 13.7. The van der Waals surface area contributed by atoms with Crippen LogP contribution in [-0.2, 0) is 19.1 Å². The molecule has 4 aliphatic carbocycles. The van der Waals surface area contributed by atoms with Crippen molar-refractivity contribution < 1.29 is 43.2 Å². The molecule has 1 aliphatic heterocycles. The van der Waals surface area contributed by atoms with Crippen LogP contribution in [0.3, 0.4) is 0 Å². The number of Topliss-reactive ketones (excluding diaryl/α,β-unsaturated/α-hetero) is 2. The Labute approximate surface area is 260 Å². The first-order valence-corrected chi connectivity index (χ1v) is 15.6. The summed E-state index contributed by atoms with van der Waals surface area (Å²) in [6.45, 7) is 4.69. The molecule has 0 bridgehead atoms. The van der Waals surface area contributed by atoms with Crippen molar-refractivity contribution in [1.82, 2.24) is 0 Å². The maximum absolute atomic E-state index is 15.6. The van der Waals surface area contributed by atoms with Crippen LogP contribution in [0.5, 0.6) is 11.5 Å². The number of ether oxygens (including phenoxy) is 3. The monoisotopic (exact) mass is 616 g/mol. The van der Waals surface area contributed by atoms with Crippen molar-refractivity contribution in [3.05, 3.63) is 83.2 Å². The molecule has 8 nitrogen and oxygen atoms in total. The molecule has 9 heteroatoms. The summed E-state index contributed by atoms with van der Waals surface area (Å²) in [7, 11) is 0. The zero-order valence-electron chi connectivity index (χ0n) is 25.5. The van der Waals surface area contributed by atoms with Crippen molar-refractivity contribution in [2.45, 2.75) is 70.6 Å². The molecule has 2 aromatic rings. The lowest BCUT2D eigenvalue weighted by molar-refractivity contribution is -0.201. The average molecular weight is 617 g/mol. The number of hydrogen-bond donors (Lipinski definition) is 2. The average Bonchev–Trinajstić information content (AvgIpc) is 3.49. The number of rotatable bonds is 6. The van der Waals surface area contributed by atoms with E-state index >= 15 is 4.39 Å². The molecule has 1 saturated heterocycles. The number of aliphatic hydroxyl groups excluding tert-OH is 2. The second kappa shape index (κ2) is 10.5. The first-order chi connectivity index (χ1) is 21.4. The molecule has 0 spiro atoms. The van der Waals surface area contributed by atoms with Crippen LogP contribution in [0.15, 0.2) is 66.3 Å². The minimum absolute atomic E-state index is 0.0213. The molecule has 0 amide bonds. The van der Waals surface area contributed by atoms with Gasteiger partial charge in [0.25, 0.3) is 0 Å². The number of carbonyl (C=O) groups excluding carboxylic acids is 3. The number of carbonyl (C=O) groups is 3. The first-order valence-electron chi connectivity index (χ1n) is 15.6. The van der Waals surface area contributed by atoms with Gasteiger partial charge in [0, 0.05) is 33.9 Å². The minimum atomic E-state index is -1.58. The van der Waals surface area contributed by atoms with E-state index in [1.54, 1.807) is 42.5 Å². The molecule has 2 aromatic carbocycles. The molecule has 4 fully saturated rings. The molecule has 9 atom stereocenters. The summed E-state index contributed by atoms with van der Waals surface area (Å²) < 4.78 is 34.3. The largest absolute Gasteiger partial charge is 0.457 e. The maximum atomic E-state index is 15.6. The number of hydrogen-bond acceptors (Lipinski definition) is 8. The molecular formula is C36H37FO8. The summed E-state index contributed by atoms with van der Waals surface area (Å²) in [6.07, 6.45) is 4.59. The SMILES string of the molecule is CC(=O)c1cccc(Oc2ccc([C@@H]3O[C@@H]4C[C@H]5[C@@H]6CCC7=CC(=O)C=C[C@]7(C)[C@H]6[C@@H](O)C[C@]5(C)[C@]4(C(=O)CO)O3)c(F)c2)c1. The van der Waals surface area contributed by atoms with Crippen LogP contribution < -0.4 is 4.74 Å². The maximum Gasteiger partial charge on any atom is 0.193 e. The van der Waals surface area contributed by atoms with Crippen molar-refractivity contribution in [3.8, 4) is 11.5 Å². The van der Waals surface area contributed by atoms with Gasteiger partial charge in [-0.3, -0.25) is 14.4 Å². The Hall–Kier alpha value is -3.50. The quantitative estimate of drug-likeness (QED) is 0.413. The van der Waals surface area contributed by atoms with E-state index in [-0.39, 0.29) is 47.1 Å². The van der Waals surface area contributed by atoms with Gasteiger partial charge in [-0.2, -0.15) is 0 Å². The minimum Gasteiger partial charge on any atom is -0.457 e. The van der Waals surface area contributed by atoms with Crippen LogP contribution in [0.25, 0.3) is 0 Å². The fourth-order valence-electron chi connectivity index (χ4n) is 9.50. The first kappa shape index (κ1) is 30.2. The number of allylic oxidation sites excluding steroid dienone is 4. The fourth-order valence-corrected chi connectivity index (χ4v) is 9.50. The molecule has 0 radical (unpaired) electrons. The summed E-state index contributed by atoms with van der Waals surface area (Å²) >= 11 is 0. The molecule has 2 N–H and O–H groups in total. The Balaban J connectivity index is 1.18. The Morgan fingerprint density at radius 1 is 1.13 bits per heavy atom. The number of benzene rings is 2. The smallest absolute Gasteiger partial charge is 0.193 e. The van der Waals surface area contributed by atoms with Crippen LogP contribution in [0.4, 0.5) is 4.39 Å². The molecule has 5 aliphatic rings. The van der Waals surface area contributed by atoms with Crippen molar-refractivity contribution in [2.75, 3.05) is 6.61 Å². The van der Waals surface area contributed by atoms with E-state index in [1.165, 1.54) is 19.1 Å². The van der Waals surface area contributed by atoms with Gasteiger partial charge < -0.3 is 24.4 Å². The van der Waals surface area contributed by atoms with Crippen molar-refractivity contribution in [2.24, 2.45) is 28.6 Å². The Bertz CT molecular complexity index is 1660. The van der Waals surface area contributed by atoms with Crippen LogP contribution in [-0.4, -0.2) is 52.0 Å². The van der Waals surface area contributed by atoms with Crippen molar-refractivity contribution >= 4 is 17.3 Å². The van der Waals surface area contributed by atoms with E-state index in [9.17, 15) is 24.6 Å². The topological polar surface area (TPSA) is 119 Å². The summed E-state index contributed by atoms with van der Waals surface area (Å²) in [5.74, 6) is -0.963. The van der Waals surface area contributed by atoms with E-state index in [1.807, 2.05) is 13.0 Å². The Morgan fingerprint density at radius 3 is 2.64 bits per heavy atom. The highest BCUT2D eigenvalue weighted by molar-refractivity contribution is 6.01. The number of fused-ring (bicyclic) bond motifs is 7. The van der Waals surface area contributed by atoms with E-state index in [0.717, 1.165) is 12.0 Å². The predicted octanol–water partition coefficient (Wildman–Crippen LogP) is 5.42. The summed E-state index contributed by atoms with van der Waals surface area (Å²) in [6, 6.07) is 10.9. The highest BCUT2D eigenvalue weighted by Gasteiger charge is 2.76. The number of aliphatic hydroxyl groups is 2. The van der Waals surface area contributed by atoms with Crippen molar-refractivity contribution in [3.63, 3.8) is 0 Å². The van der Waals surface area contributed by atoms with E-state index < -0.39 is 53.1 Å². The normalized spacial score (nSPS) is 38.1. The summed E-state index contributed by atoms with van der Waals surface area (Å²) in [5, 5.41) is 22.0. The van der Waals surface area contributed by atoms with Gasteiger partial charge in [0.2, 0.25) is 0 Å². The van der Waals surface area contributed by atoms with Gasteiger partial charge in [0.05, 0.1) is 12.2 Å². The van der Waals surface area contributed by atoms with E-state index in [4.69, 9.17) is 14.2 Å². The van der Waals surface area contributed by atoms with Gasteiger partial charge in [0.1, 0.15) is 23.9 Å². The molecule has 1 heterocycles. The van der Waals surface area contributed by atoms with Crippen LogP contribution in [0, 0.1) is 34.4 Å². The predicted molar refractivity (Wildman–Crippen MR) is 160 cm³/mol. The highest BCUT2D eigenvalue weighted by atomic mass is 19.1. The molecule has 236 valence electrons. The zero-order chi connectivity index (χ0) is 31.9. The fraction of sp³-hybridized carbons (Fsp3) is 0.472. The van der Waals surface area contributed by atoms with Crippen LogP contribution >= 0.6 is 0 Å². The molecular weight excluding hydrogens is 579 g/mol. The Morgan fingerprint density at radius 2 is 1.91 bits per heavy atom. The van der Waals surface area contributed by atoms with Gasteiger partial charge in [-0.25, -0.2) is 4.39 Å². The van der Waals surface area contributed by atoms with Gasteiger partial charge in [-0.1, -0.05) is 37.6 Å².